The Kier molecular flexibility index (Phi) is 5.56. The van der Waals surface area contributed by atoms with Crippen LogP contribution in [0.15, 0.2) is 0 Å². The van der Waals surface area contributed by atoms with Crippen molar-refractivity contribution >= 4 is 16.8 Å². The highest BCUT2D eigenvalue weighted by Crippen LogP contribution is 2.39. The van der Waals surface area contributed by atoms with E-state index in [1.807, 2.05) is 6.92 Å². The number of hydrogen-bond donors (Lipinski definition) is 0. The van der Waals surface area contributed by atoms with E-state index < -0.39 is 23.5 Å². The highest BCUT2D eigenvalue weighted by molar-refractivity contribution is 6.65. The Morgan fingerprint density at radius 2 is 1.67 bits per heavy atom. The zero-order chi connectivity index (χ0) is 12.1. The van der Waals surface area contributed by atoms with Crippen LogP contribution in [0.3, 0.4) is 0 Å². The lowest BCUT2D eigenvalue weighted by atomic mass is 9.98. The average Bonchev–Trinajstić information content (AvgIpc) is 2.09. The summed E-state index contributed by atoms with van der Waals surface area (Å²) in [5.74, 6) is 0. The van der Waals surface area contributed by atoms with Crippen LogP contribution >= 0.6 is 11.6 Å². The van der Waals surface area contributed by atoms with Gasteiger partial charge in [0.2, 0.25) is 0 Å². The predicted octanol–water partition coefficient (Wildman–Crippen LogP) is 3.99. The summed E-state index contributed by atoms with van der Waals surface area (Å²) in [7, 11) is 0. The third-order valence-electron chi connectivity index (χ3n) is 2.14. The van der Waals surface area contributed by atoms with Crippen molar-refractivity contribution in [2.24, 2.45) is 0 Å². The molecule has 0 N–H and O–H groups in total. The molecule has 0 aromatic rings. The second-order valence-corrected chi connectivity index (χ2v) is 3.73. The lowest BCUT2D eigenvalue weighted by Gasteiger charge is -2.23. The number of unbranched alkanes of at least 4 members (excludes halogenated alkanes) is 3. The molecule has 0 bridgehead atoms. The molecule has 0 rings (SSSR count). The zero-order valence-corrected chi connectivity index (χ0v) is 9.09. The smallest absolute Gasteiger partial charge is 0.277 e. The summed E-state index contributed by atoms with van der Waals surface area (Å²) in [5.41, 5.74) is -3.89. The second kappa shape index (κ2) is 5.68. The highest BCUT2D eigenvalue weighted by Gasteiger charge is 2.60. The molecule has 0 fully saturated rings. The third-order valence-corrected chi connectivity index (χ3v) is 2.44. The van der Waals surface area contributed by atoms with Crippen LogP contribution in [0.2, 0.25) is 0 Å². The molecule has 0 aliphatic heterocycles. The van der Waals surface area contributed by atoms with Crippen molar-refractivity contribution in [1.82, 2.24) is 0 Å². The van der Waals surface area contributed by atoms with Gasteiger partial charge in [-0.15, -0.1) is 0 Å². The standard InChI is InChI=1S/C9H13ClF4O/c1-2-3-4-5-6-8(11,7(10)15)9(12,13)14/h2-6H2,1H3. The third kappa shape index (κ3) is 3.97. The van der Waals surface area contributed by atoms with E-state index in [2.05, 4.69) is 11.6 Å². The molecule has 6 heteroatoms. The first kappa shape index (κ1) is 14.7. The van der Waals surface area contributed by atoms with Gasteiger partial charge in [-0.05, 0) is 24.4 Å². The summed E-state index contributed by atoms with van der Waals surface area (Å²) in [6, 6.07) is 0. The Morgan fingerprint density at radius 3 is 2.00 bits per heavy atom. The fourth-order valence-electron chi connectivity index (χ4n) is 1.15. The number of halogens is 5. The number of carbonyl (C=O) groups excluding carboxylic acids is 1. The van der Waals surface area contributed by atoms with Gasteiger partial charge in [-0.1, -0.05) is 26.2 Å². The van der Waals surface area contributed by atoms with Gasteiger partial charge in [0.1, 0.15) is 0 Å². The minimum atomic E-state index is -5.22. The van der Waals surface area contributed by atoms with Crippen LogP contribution in [0, 0.1) is 0 Å². The van der Waals surface area contributed by atoms with Crippen LogP contribution in [-0.4, -0.2) is 17.1 Å². The predicted molar refractivity (Wildman–Crippen MR) is 49.5 cm³/mol. The Bertz CT molecular complexity index is 217. The Morgan fingerprint density at radius 1 is 1.13 bits per heavy atom. The van der Waals surface area contributed by atoms with Crippen molar-refractivity contribution in [3.63, 3.8) is 0 Å². The van der Waals surface area contributed by atoms with E-state index in [9.17, 15) is 22.4 Å². The van der Waals surface area contributed by atoms with Crippen molar-refractivity contribution in [1.29, 1.82) is 0 Å². The number of rotatable bonds is 6. The summed E-state index contributed by atoms with van der Waals surface area (Å²) < 4.78 is 49.8. The molecule has 90 valence electrons. The largest absolute Gasteiger partial charge is 0.431 e. The number of alkyl halides is 4. The molecular formula is C9H13ClF4O. The topological polar surface area (TPSA) is 17.1 Å². The molecule has 15 heavy (non-hydrogen) atoms. The molecule has 1 atom stereocenters. The maximum Gasteiger partial charge on any atom is 0.431 e. The molecule has 0 saturated carbocycles. The van der Waals surface area contributed by atoms with Gasteiger partial charge in [0, 0.05) is 0 Å². The minimum Gasteiger partial charge on any atom is -0.277 e. The molecule has 0 amide bonds. The van der Waals surface area contributed by atoms with Crippen molar-refractivity contribution in [3.05, 3.63) is 0 Å². The average molecular weight is 249 g/mol. The maximum atomic E-state index is 13.2. The number of carbonyl (C=O) groups is 1. The molecule has 0 aliphatic carbocycles. The molecule has 0 spiro atoms. The maximum absolute atomic E-state index is 13.2. The van der Waals surface area contributed by atoms with Gasteiger partial charge in [0.05, 0.1) is 0 Å². The fraction of sp³-hybridized carbons (Fsp3) is 0.889. The monoisotopic (exact) mass is 248 g/mol. The lowest BCUT2D eigenvalue weighted by molar-refractivity contribution is -0.223. The molecule has 1 unspecified atom stereocenters. The number of hydrogen-bond acceptors (Lipinski definition) is 1. The molecular weight excluding hydrogens is 236 g/mol. The Labute approximate surface area is 90.8 Å². The first-order valence-electron chi connectivity index (χ1n) is 4.71. The van der Waals surface area contributed by atoms with Gasteiger partial charge in [-0.25, -0.2) is 4.39 Å². The summed E-state index contributed by atoms with van der Waals surface area (Å²) in [6.07, 6.45) is -4.12. The molecule has 0 radical (unpaired) electrons. The van der Waals surface area contributed by atoms with Crippen LogP contribution in [0.25, 0.3) is 0 Å². The second-order valence-electron chi connectivity index (χ2n) is 3.38. The van der Waals surface area contributed by atoms with Crippen molar-refractivity contribution in [2.45, 2.75) is 50.9 Å². The van der Waals surface area contributed by atoms with Gasteiger partial charge >= 0.3 is 6.18 Å². The van der Waals surface area contributed by atoms with Crippen molar-refractivity contribution in [2.75, 3.05) is 0 Å². The molecule has 0 heterocycles. The van der Waals surface area contributed by atoms with Gasteiger partial charge in [-0.2, -0.15) is 13.2 Å². The van der Waals surface area contributed by atoms with E-state index in [1.165, 1.54) is 0 Å². The van der Waals surface area contributed by atoms with Gasteiger partial charge < -0.3 is 0 Å². The Balaban J connectivity index is 4.35. The van der Waals surface area contributed by atoms with Gasteiger partial charge in [0.25, 0.3) is 10.9 Å². The molecule has 1 nitrogen and oxygen atoms in total. The van der Waals surface area contributed by atoms with E-state index in [4.69, 9.17) is 0 Å². The first-order chi connectivity index (χ1) is 6.75. The SMILES string of the molecule is CCCCCCC(F)(C(=O)Cl)C(F)(F)F. The van der Waals surface area contributed by atoms with Crippen LogP contribution in [0.1, 0.15) is 39.0 Å². The van der Waals surface area contributed by atoms with E-state index in [-0.39, 0.29) is 6.42 Å². The van der Waals surface area contributed by atoms with E-state index >= 15 is 0 Å². The van der Waals surface area contributed by atoms with Crippen LogP contribution < -0.4 is 0 Å². The Hall–Kier alpha value is -0.320. The minimum absolute atomic E-state index is 0.00229. The fourth-order valence-corrected chi connectivity index (χ4v) is 1.35. The molecule has 0 saturated heterocycles. The first-order valence-corrected chi connectivity index (χ1v) is 5.09. The van der Waals surface area contributed by atoms with Crippen molar-refractivity contribution in [3.8, 4) is 0 Å². The summed E-state index contributed by atoms with van der Waals surface area (Å²) in [5, 5.41) is -1.98. The van der Waals surface area contributed by atoms with Gasteiger partial charge in [-0.3, -0.25) is 4.79 Å². The van der Waals surface area contributed by atoms with Crippen molar-refractivity contribution < 1.29 is 22.4 Å². The molecule has 0 aromatic heterocycles. The summed E-state index contributed by atoms with van der Waals surface area (Å²) >= 11 is 4.65. The van der Waals surface area contributed by atoms with Crippen LogP contribution in [-0.2, 0) is 4.79 Å². The van der Waals surface area contributed by atoms with Crippen LogP contribution in [0.5, 0.6) is 0 Å². The lowest BCUT2D eigenvalue weighted by Crippen LogP contribution is -2.46. The summed E-state index contributed by atoms with van der Waals surface area (Å²) in [6.45, 7) is 1.87. The summed E-state index contributed by atoms with van der Waals surface area (Å²) in [4.78, 5) is 10.4. The normalized spacial score (nSPS) is 16.1. The van der Waals surface area contributed by atoms with Gasteiger partial charge in [0.15, 0.2) is 0 Å². The van der Waals surface area contributed by atoms with E-state index in [0.717, 1.165) is 6.42 Å². The van der Waals surface area contributed by atoms with E-state index in [0.29, 0.717) is 12.8 Å². The quantitative estimate of drug-likeness (QED) is 0.395. The zero-order valence-electron chi connectivity index (χ0n) is 8.33. The molecule has 0 aliphatic rings. The van der Waals surface area contributed by atoms with Crippen LogP contribution in [0.4, 0.5) is 17.6 Å². The molecule has 0 aromatic carbocycles. The highest BCUT2D eigenvalue weighted by atomic mass is 35.5. The van der Waals surface area contributed by atoms with E-state index in [1.54, 1.807) is 0 Å².